The Morgan fingerprint density at radius 2 is 1.76 bits per heavy atom. The number of phenols is 1. The van der Waals surface area contributed by atoms with Crippen molar-refractivity contribution in [3.8, 4) is 5.75 Å². The van der Waals surface area contributed by atoms with Gasteiger partial charge in [0, 0.05) is 44.7 Å². The van der Waals surface area contributed by atoms with Crippen LogP contribution in [0.5, 0.6) is 5.75 Å². The number of piperidine rings is 1. The highest BCUT2D eigenvalue weighted by molar-refractivity contribution is 7.86. The molecule has 0 aliphatic carbocycles. The van der Waals surface area contributed by atoms with Gasteiger partial charge >= 0.3 is 0 Å². The van der Waals surface area contributed by atoms with E-state index < -0.39 is 10.2 Å². The van der Waals surface area contributed by atoms with Crippen LogP contribution >= 0.6 is 12.4 Å². The number of nitrogens with two attached hydrogens (primary N) is 1. The number of ether oxygens (including phenoxy) is 1. The van der Waals surface area contributed by atoms with E-state index in [0.717, 1.165) is 41.5 Å². The molecule has 3 aliphatic heterocycles. The lowest BCUT2D eigenvalue weighted by atomic mass is 9.83. The van der Waals surface area contributed by atoms with Crippen LogP contribution < -0.4 is 5.73 Å². The fraction of sp³-hybridized carbons (Fsp3) is 0.520. The third kappa shape index (κ3) is 4.59. The van der Waals surface area contributed by atoms with Crippen LogP contribution in [-0.2, 0) is 34.3 Å². The third-order valence-corrected chi connectivity index (χ3v) is 9.58. The first-order valence-electron chi connectivity index (χ1n) is 11.9. The number of nitrogens with zero attached hydrogens (tertiary/aromatic N) is 2. The Morgan fingerprint density at radius 3 is 2.47 bits per heavy atom. The number of phenolic OH excluding ortho intramolecular Hbond substituents is 1. The van der Waals surface area contributed by atoms with E-state index in [9.17, 15) is 13.5 Å². The highest BCUT2D eigenvalue weighted by atomic mass is 35.5. The molecule has 9 heteroatoms. The minimum atomic E-state index is -3.49. The summed E-state index contributed by atoms with van der Waals surface area (Å²) in [6.45, 7) is 4.21. The normalized spacial score (nSPS) is 24.2. The standard InChI is InChI=1S/C25H33N3O4S.ClH/c1-17-6-7-21-22(25(17)29)14-23(32-24(21)15-26)19-9-11-27(12-10-19)33(30,31)28-13-8-18-4-2-3-5-20(18)16-28;/h2-7,19,23-24,29H,8-16,26H2,1H3;1H/t23-,24-;/m0./s1. The Balaban J connectivity index is 0.00000274. The molecule has 3 heterocycles. The Labute approximate surface area is 208 Å². The number of hydrogen-bond donors (Lipinski definition) is 2. The number of hydrogen-bond acceptors (Lipinski definition) is 5. The van der Waals surface area contributed by atoms with E-state index in [1.54, 1.807) is 8.61 Å². The Morgan fingerprint density at radius 1 is 1.06 bits per heavy atom. The van der Waals surface area contributed by atoms with E-state index in [-0.39, 0.29) is 30.5 Å². The molecule has 7 nitrogen and oxygen atoms in total. The fourth-order valence-corrected chi connectivity index (χ4v) is 7.21. The van der Waals surface area contributed by atoms with E-state index in [2.05, 4.69) is 6.07 Å². The average Bonchev–Trinajstić information content (AvgIpc) is 2.85. The zero-order valence-electron chi connectivity index (χ0n) is 19.5. The van der Waals surface area contributed by atoms with Gasteiger partial charge in [-0.2, -0.15) is 17.0 Å². The largest absolute Gasteiger partial charge is 0.507 e. The molecule has 0 radical (unpaired) electrons. The van der Waals surface area contributed by atoms with E-state index in [1.165, 1.54) is 5.56 Å². The minimum absolute atomic E-state index is 0. The molecule has 1 fully saturated rings. The van der Waals surface area contributed by atoms with Crippen molar-refractivity contribution in [1.29, 1.82) is 0 Å². The molecule has 1 saturated heterocycles. The molecule has 5 rings (SSSR count). The molecule has 0 aromatic heterocycles. The van der Waals surface area contributed by atoms with Crippen molar-refractivity contribution >= 4 is 22.6 Å². The maximum atomic E-state index is 13.3. The zero-order chi connectivity index (χ0) is 23.2. The SMILES string of the molecule is Cc1ccc2c(c1O)C[C@@H](C1CCN(S(=O)(=O)N3CCc4ccccc4C3)CC1)O[C@H]2CN.Cl. The molecule has 2 atom stereocenters. The van der Waals surface area contributed by atoms with Gasteiger partial charge in [0.15, 0.2) is 0 Å². The summed E-state index contributed by atoms with van der Waals surface area (Å²) in [5, 5.41) is 10.6. The topological polar surface area (TPSA) is 96.1 Å². The van der Waals surface area contributed by atoms with Crippen molar-refractivity contribution < 1.29 is 18.3 Å². The first-order valence-corrected chi connectivity index (χ1v) is 13.3. The molecule has 0 bridgehead atoms. The van der Waals surface area contributed by atoms with Crippen molar-refractivity contribution in [2.75, 3.05) is 26.2 Å². The van der Waals surface area contributed by atoms with Crippen molar-refractivity contribution in [1.82, 2.24) is 8.61 Å². The summed E-state index contributed by atoms with van der Waals surface area (Å²) in [6.07, 6.45) is 2.58. The molecule has 0 saturated carbocycles. The van der Waals surface area contributed by atoms with Gasteiger partial charge in [-0.05, 0) is 54.4 Å². The quantitative estimate of drug-likeness (QED) is 0.663. The van der Waals surface area contributed by atoms with Crippen molar-refractivity contribution in [3.05, 3.63) is 64.2 Å². The van der Waals surface area contributed by atoms with Gasteiger partial charge in [-0.3, -0.25) is 0 Å². The highest BCUT2D eigenvalue weighted by Gasteiger charge is 2.39. The van der Waals surface area contributed by atoms with Crippen molar-refractivity contribution in [2.24, 2.45) is 11.7 Å². The maximum absolute atomic E-state index is 13.3. The van der Waals surface area contributed by atoms with E-state index in [4.69, 9.17) is 10.5 Å². The van der Waals surface area contributed by atoms with Crippen LogP contribution in [0.3, 0.4) is 0 Å². The molecule has 0 amide bonds. The van der Waals surface area contributed by atoms with E-state index >= 15 is 0 Å². The van der Waals surface area contributed by atoms with Crippen LogP contribution in [-0.4, -0.2) is 54.4 Å². The molecule has 0 unspecified atom stereocenters. The Bertz CT molecular complexity index is 1130. The third-order valence-electron chi connectivity index (χ3n) is 7.60. The molecular formula is C25H34ClN3O4S. The van der Waals surface area contributed by atoms with Crippen molar-refractivity contribution in [2.45, 2.75) is 51.4 Å². The van der Waals surface area contributed by atoms with Crippen LogP contribution in [0.1, 0.15) is 46.8 Å². The maximum Gasteiger partial charge on any atom is 0.282 e. The second-order valence-corrected chi connectivity index (χ2v) is 11.4. The minimum Gasteiger partial charge on any atom is -0.507 e. The van der Waals surface area contributed by atoms with Crippen LogP contribution in [0.2, 0.25) is 0 Å². The summed E-state index contributed by atoms with van der Waals surface area (Å²) in [4.78, 5) is 0. The monoisotopic (exact) mass is 507 g/mol. The second-order valence-electron chi connectivity index (χ2n) is 9.50. The molecule has 34 heavy (non-hydrogen) atoms. The molecule has 3 aliphatic rings. The number of rotatable bonds is 4. The van der Waals surface area contributed by atoms with Crippen LogP contribution in [0.15, 0.2) is 36.4 Å². The van der Waals surface area contributed by atoms with Gasteiger partial charge in [0.05, 0.1) is 12.2 Å². The average molecular weight is 508 g/mol. The number of aryl methyl sites for hydroxylation is 1. The summed E-state index contributed by atoms with van der Waals surface area (Å²) >= 11 is 0. The number of halogens is 1. The predicted octanol–water partition coefficient (Wildman–Crippen LogP) is 3.08. The van der Waals surface area contributed by atoms with Gasteiger partial charge in [-0.15, -0.1) is 12.4 Å². The summed E-state index contributed by atoms with van der Waals surface area (Å²) in [5.74, 6) is 0.574. The van der Waals surface area contributed by atoms with E-state index in [0.29, 0.717) is 44.9 Å². The number of aromatic hydroxyl groups is 1. The highest BCUT2D eigenvalue weighted by Crippen LogP contribution is 2.40. The van der Waals surface area contributed by atoms with Gasteiger partial charge in [-0.25, -0.2) is 0 Å². The van der Waals surface area contributed by atoms with Crippen LogP contribution in [0, 0.1) is 12.8 Å². The molecular weight excluding hydrogens is 474 g/mol. The smallest absolute Gasteiger partial charge is 0.282 e. The fourth-order valence-electron chi connectivity index (χ4n) is 5.59. The Hall–Kier alpha value is -1.68. The van der Waals surface area contributed by atoms with Gasteiger partial charge < -0.3 is 15.6 Å². The van der Waals surface area contributed by atoms with Gasteiger partial charge in [0.1, 0.15) is 5.75 Å². The summed E-state index contributed by atoms with van der Waals surface area (Å²) in [5.41, 5.74) is 11.1. The molecule has 2 aromatic rings. The summed E-state index contributed by atoms with van der Waals surface area (Å²) in [7, 11) is -3.49. The molecule has 0 spiro atoms. The van der Waals surface area contributed by atoms with Gasteiger partial charge in [0.2, 0.25) is 0 Å². The van der Waals surface area contributed by atoms with Gasteiger partial charge in [0.25, 0.3) is 10.2 Å². The van der Waals surface area contributed by atoms with E-state index in [1.807, 2.05) is 37.3 Å². The first kappa shape index (κ1) is 25.4. The van der Waals surface area contributed by atoms with Gasteiger partial charge in [-0.1, -0.05) is 36.4 Å². The predicted molar refractivity (Wildman–Crippen MR) is 134 cm³/mol. The van der Waals surface area contributed by atoms with Crippen LogP contribution in [0.4, 0.5) is 0 Å². The number of fused-ring (bicyclic) bond motifs is 2. The molecule has 3 N–H and O–H groups in total. The second kappa shape index (κ2) is 10.1. The number of benzene rings is 2. The summed E-state index contributed by atoms with van der Waals surface area (Å²) in [6, 6.07) is 12.0. The van der Waals surface area contributed by atoms with Crippen LogP contribution in [0.25, 0.3) is 0 Å². The first-order chi connectivity index (χ1) is 15.9. The lowest BCUT2D eigenvalue weighted by Gasteiger charge is -2.41. The molecule has 2 aromatic carbocycles. The lowest BCUT2D eigenvalue weighted by molar-refractivity contribution is -0.0614. The summed E-state index contributed by atoms with van der Waals surface area (Å²) < 4.78 is 36.3. The lowest BCUT2D eigenvalue weighted by Crippen LogP contribution is -2.50. The zero-order valence-corrected chi connectivity index (χ0v) is 21.2. The van der Waals surface area contributed by atoms with Crippen molar-refractivity contribution in [3.63, 3.8) is 0 Å². The molecule has 186 valence electrons. The Kier molecular flexibility index (Phi) is 7.57.